The minimum absolute atomic E-state index is 0.0213. The number of fused-ring (bicyclic) bond motifs is 1. The summed E-state index contributed by atoms with van der Waals surface area (Å²) in [5.74, 6) is 0.868. The number of carbonyl (C=O) groups is 1. The fourth-order valence-electron chi connectivity index (χ4n) is 1.75. The quantitative estimate of drug-likeness (QED) is 0.820. The van der Waals surface area contributed by atoms with Gasteiger partial charge in [-0.3, -0.25) is 4.79 Å². The molecule has 96 valence electrons. The Morgan fingerprint density at radius 1 is 1.33 bits per heavy atom. The Labute approximate surface area is 106 Å². The fraction of sp³-hybridized carbons (Fsp3) is 0.357. The predicted octanol–water partition coefficient (Wildman–Crippen LogP) is 2.05. The van der Waals surface area contributed by atoms with Crippen LogP contribution in [0.3, 0.4) is 0 Å². The summed E-state index contributed by atoms with van der Waals surface area (Å²) in [5.41, 5.74) is 0.879. The molecule has 4 heteroatoms. The molecular formula is C14H18N2O2. The topological polar surface area (TPSA) is 54.3 Å². The van der Waals surface area contributed by atoms with Gasteiger partial charge >= 0.3 is 0 Å². The molecule has 0 aliphatic carbocycles. The first-order valence-electron chi connectivity index (χ1n) is 6.24. The summed E-state index contributed by atoms with van der Waals surface area (Å²) in [4.78, 5) is 11.4. The molecule has 2 rings (SSSR count). The zero-order valence-electron chi connectivity index (χ0n) is 10.5. The van der Waals surface area contributed by atoms with Crippen LogP contribution in [0.25, 0.3) is 11.0 Å². The Hall–Kier alpha value is -1.81. The van der Waals surface area contributed by atoms with Crippen LogP contribution in [0.1, 0.15) is 19.1 Å². The Balaban J connectivity index is 1.81. The van der Waals surface area contributed by atoms with E-state index >= 15 is 0 Å². The third kappa shape index (κ3) is 3.34. The summed E-state index contributed by atoms with van der Waals surface area (Å²) in [6.45, 7) is 3.64. The normalized spacial score (nSPS) is 10.7. The zero-order chi connectivity index (χ0) is 12.8. The molecule has 0 unspecified atom stereocenters. The molecule has 0 saturated carbocycles. The van der Waals surface area contributed by atoms with E-state index in [9.17, 15) is 4.79 Å². The van der Waals surface area contributed by atoms with Crippen molar-refractivity contribution in [3.8, 4) is 0 Å². The van der Waals surface area contributed by atoms with E-state index in [0.29, 0.717) is 13.1 Å². The third-order valence-electron chi connectivity index (χ3n) is 2.63. The van der Waals surface area contributed by atoms with Crippen molar-refractivity contribution in [2.45, 2.75) is 19.9 Å². The molecule has 0 atom stereocenters. The second-order valence-electron chi connectivity index (χ2n) is 4.20. The van der Waals surface area contributed by atoms with Crippen LogP contribution in [-0.2, 0) is 11.3 Å². The number of benzene rings is 1. The van der Waals surface area contributed by atoms with E-state index in [1.54, 1.807) is 0 Å². The monoisotopic (exact) mass is 246 g/mol. The lowest BCUT2D eigenvalue weighted by molar-refractivity contribution is -0.120. The smallest absolute Gasteiger partial charge is 0.233 e. The van der Waals surface area contributed by atoms with Gasteiger partial charge in [0.1, 0.15) is 11.3 Å². The van der Waals surface area contributed by atoms with Gasteiger partial charge in [0.2, 0.25) is 5.91 Å². The predicted molar refractivity (Wildman–Crippen MR) is 71.2 cm³/mol. The summed E-state index contributed by atoms with van der Waals surface area (Å²) < 4.78 is 5.64. The zero-order valence-corrected chi connectivity index (χ0v) is 10.5. The van der Waals surface area contributed by atoms with E-state index in [1.807, 2.05) is 37.3 Å². The van der Waals surface area contributed by atoms with Crippen LogP contribution in [0.2, 0.25) is 0 Å². The van der Waals surface area contributed by atoms with Gasteiger partial charge in [-0.15, -0.1) is 0 Å². The number of nitrogens with one attached hydrogen (secondary N) is 2. The largest absolute Gasteiger partial charge is 0.460 e. The van der Waals surface area contributed by atoms with Gasteiger partial charge in [0, 0.05) is 11.9 Å². The first-order valence-corrected chi connectivity index (χ1v) is 6.24. The van der Waals surface area contributed by atoms with Crippen LogP contribution in [0.4, 0.5) is 0 Å². The van der Waals surface area contributed by atoms with Crippen LogP contribution in [0.15, 0.2) is 34.7 Å². The fourth-order valence-corrected chi connectivity index (χ4v) is 1.75. The Kier molecular flexibility index (Phi) is 4.36. The van der Waals surface area contributed by atoms with Crippen molar-refractivity contribution in [2.24, 2.45) is 0 Å². The maximum atomic E-state index is 11.4. The number of carbonyl (C=O) groups excluding carboxylic acids is 1. The van der Waals surface area contributed by atoms with E-state index in [2.05, 4.69) is 10.6 Å². The van der Waals surface area contributed by atoms with Crippen molar-refractivity contribution >= 4 is 16.9 Å². The van der Waals surface area contributed by atoms with Gasteiger partial charge in [-0.25, -0.2) is 0 Å². The molecule has 0 radical (unpaired) electrons. The van der Waals surface area contributed by atoms with Crippen LogP contribution < -0.4 is 10.6 Å². The van der Waals surface area contributed by atoms with Gasteiger partial charge in [0.05, 0.1) is 13.1 Å². The SMILES string of the molecule is CCCNC(=O)CNCc1cc2ccccc2o1. The number of amides is 1. The van der Waals surface area contributed by atoms with Crippen LogP contribution in [0, 0.1) is 0 Å². The second kappa shape index (κ2) is 6.21. The lowest BCUT2D eigenvalue weighted by atomic mass is 10.2. The standard InChI is InChI=1S/C14H18N2O2/c1-2-7-16-14(17)10-15-9-12-8-11-5-3-4-6-13(11)18-12/h3-6,8,15H,2,7,9-10H2,1H3,(H,16,17). The molecule has 0 bridgehead atoms. The molecule has 1 aromatic heterocycles. The molecule has 0 fully saturated rings. The number of hydrogen-bond acceptors (Lipinski definition) is 3. The van der Waals surface area contributed by atoms with Gasteiger partial charge in [0.15, 0.2) is 0 Å². The van der Waals surface area contributed by atoms with Crippen molar-refractivity contribution in [3.05, 3.63) is 36.1 Å². The van der Waals surface area contributed by atoms with Crippen molar-refractivity contribution in [1.29, 1.82) is 0 Å². The summed E-state index contributed by atoms with van der Waals surface area (Å²) in [6.07, 6.45) is 0.954. The van der Waals surface area contributed by atoms with Gasteiger partial charge in [-0.05, 0) is 18.6 Å². The number of para-hydroxylation sites is 1. The van der Waals surface area contributed by atoms with Crippen molar-refractivity contribution in [3.63, 3.8) is 0 Å². The third-order valence-corrected chi connectivity index (χ3v) is 2.63. The van der Waals surface area contributed by atoms with Crippen LogP contribution in [0.5, 0.6) is 0 Å². The molecule has 1 heterocycles. The number of hydrogen-bond donors (Lipinski definition) is 2. The molecule has 0 saturated heterocycles. The molecule has 0 aliphatic rings. The molecule has 1 aromatic carbocycles. The molecule has 1 amide bonds. The van der Waals surface area contributed by atoms with Crippen molar-refractivity contribution in [1.82, 2.24) is 10.6 Å². The highest BCUT2D eigenvalue weighted by atomic mass is 16.3. The molecule has 4 nitrogen and oxygen atoms in total. The summed E-state index contributed by atoms with van der Waals surface area (Å²) >= 11 is 0. The number of rotatable bonds is 6. The molecule has 2 aromatic rings. The molecule has 0 aliphatic heterocycles. The van der Waals surface area contributed by atoms with E-state index in [4.69, 9.17) is 4.42 Å². The van der Waals surface area contributed by atoms with Crippen molar-refractivity contribution < 1.29 is 9.21 Å². The molecule has 18 heavy (non-hydrogen) atoms. The summed E-state index contributed by atoms with van der Waals surface area (Å²) in [6, 6.07) is 9.86. The first kappa shape index (κ1) is 12.6. The molecule has 2 N–H and O–H groups in total. The first-order chi connectivity index (χ1) is 8.79. The van der Waals surface area contributed by atoms with Crippen molar-refractivity contribution in [2.75, 3.05) is 13.1 Å². The van der Waals surface area contributed by atoms with E-state index in [1.165, 1.54) is 0 Å². The summed E-state index contributed by atoms with van der Waals surface area (Å²) in [5, 5.41) is 6.97. The van der Waals surface area contributed by atoms with Gasteiger partial charge < -0.3 is 15.1 Å². The Morgan fingerprint density at radius 2 is 2.17 bits per heavy atom. The van der Waals surface area contributed by atoms with Gasteiger partial charge in [-0.2, -0.15) is 0 Å². The van der Waals surface area contributed by atoms with Crippen LogP contribution >= 0.6 is 0 Å². The van der Waals surface area contributed by atoms with E-state index in [0.717, 1.165) is 29.7 Å². The molecule has 0 spiro atoms. The average molecular weight is 246 g/mol. The highest BCUT2D eigenvalue weighted by molar-refractivity contribution is 5.78. The van der Waals surface area contributed by atoms with E-state index in [-0.39, 0.29) is 5.91 Å². The van der Waals surface area contributed by atoms with Crippen LogP contribution in [-0.4, -0.2) is 19.0 Å². The molecular weight excluding hydrogens is 228 g/mol. The lowest BCUT2D eigenvalue weighted by Crippen LogP contribution is -2.33. The average Bonchev–Trinajstić information content (AvgIpc) is 2.79. The van der Waals surface area contributed by atoms with Gasteiger partial charge in [-0.1, -0.05) is 25.1 Å². The Morgan fingerprint density at radius 3 is 2.94 bits per heavy atom. The summed E-state index contributed by atoms with van der Waals surface area (Å²) in [7, 11) is 0. The van der Waals surface area contributed by atoms with Gasteiger partial charge in [0.25, 0.3) is 0 Å². The lowest BCUT2D eigenvalue weighted by Gasteiger charge is -2.03. The van der Waals surface area contributed by atoms with E-state index < -0.39 is 0 Å². The number of furan rings is 1. The maximum Gasteiger partial charge on any atom is 0.233 e. The second-order valence-corrected chi connectivity index (χ2v) is 4.20. The highest BCUT2D eigenvalue weighted by Crippen LogP contribution is 2.18. The maximum absolute atomic E-state index is 11.4. The Bertz CT molecular complexity index is 486. The minimum Gasteiger partial charge on any atom is -0.460 e. The minimum atomic E-state index is 0.0213. The highest BCUT2D eigenvalue weighted by Gasteiger charge is 2.04.